The Kier molecular flexibility index (Phi) is 7.45. The minimum Gasteiger partial charge on any atom is -0.495 e. The van der Waals surface area contributed by atoms with Crippen LogP contribution in [0.5, 0.6) is 11.5 Å². The van der Waals surface area contributed by atoms with Crippen molar-refractivity contribution < 1.29 is 14.3 Å². The van der Waals surface area contributed by atoms with Gasteiger partial charge in [0.15, 0.2) is 6.61 Å². The first-order valence-electron chi connectivity index (χ1n) is 7.02. The fourth-order valence-electron chi connectivity index (χ4n) is 1.93. The summed E-state index contributed by atoms with van der Waals surface area (Å²) in [4.78, 5) is 11.8. The van der Waals surface area contributed by atoms with Gasteiger partial charge in [-0.25, -0.2) is 5.43 Å². The maximum Gasteiger partial charge on any atom is 0.277 e. The topological polar surface area (TPSA) is 83.7 Å². The Bertz CT molecular complexity index is 848. The van der Waals surface area contributed by atoms with Gasteiger partial charge >= 0.3 is 0 Å². The fourth-order valence-corrected chi connectivity index (χ4v) is 4.04. The molecule has 0 aliphatic heterocycles. The number of para-hydroxylation sites is 1. The number of rotatable bonds is 6. The number of nitrogens with one attached hydrogen (secondary N) is 1. The Morgan fingerprint density at radius 1 is 1.36 bits per heavy atom. The number of hydrogen-bond acceptors (Lipinski definition) is 5. The molecule has 2 aromatic carbocycles. The second-order valence-electron chi connectivity index (χ2n) is 4.70. The van der Waals surface area contributed by atoms with Crippen LogP contribution in [0.3, 0.4) is 0 Å². The molecule has 0 atom stereocenters. The first-order chi connectivity index (χ1) is 12.0. The number of nitriles is 1. The smallest absolute Gasteiger partial charge is 0.277 e. The summed E-state index contributed by atoms with van der Waals surface area (Å²) in [6.07, 6.45) is 1.52. The van der Waals surface area contributed by atoms with Crippen molar-refractivity contribution in [1.82, 2.24) is 5.43 Å². The summed E-state index contributed by atoms with van der Waals surface area (Å²) < 4.78 is 12.7. The van der Waals surface area contributed by atoms with Crippen LogP contribution < -0.4 is 14.9 Å². The van der Waals surface area contributed by atoms with Crippen LogP contribution in [0.1, 0.15) is 11.1 Å². The minimum atomic E-state index is -0.428. The number of hydrazone groups is 1. The van der Waals surface area contributed by atoms with Crippen molar-refractivity contribution in [2.45, 2.75) is 0 Å². The van der Waals surface area contributed by atoms with Crippen molar-refractivity contribution in [2.75, 3.05) is 13.7 Å². The lowest BCUT2D eigenvalue weighted by Crippen LogP contribution is -2.24. The lowest BCUT2D eigenvalue weighted by atomic mass is 10.2. The highest BCUT2D eigenvalue weighted by Gasteiger charge is 2.08. The number of ether oxygens (including phenoxy) is 2. The summed E-state index contributed by atoms with van der Waals surface area (Å²) in [5, 5.41) is 12.9. The number of carbonyl (C=O) groups excluding carboxylic acids is 1. The van der Waals surface area contributed by atoms with Gasteiger partial charge in [-0.1, -0.05) is 12.1 Å². The maximum absolute atomic E-state index is 11.8. The van der Waals surface area contributed by atoms with Crippen LogP contribution in [0.25, 0.3) is 0 Å². The molecule has 0 aliphatic rings. The lowest BCUT2D eigenvalue weighted by Gasteiger charge is -2.08. The Hall–Kier alpha value is -1.87. The van der Waals surface area contributed by atoms with E-state index in [0.717, 1.165) is 12.7 Å². The van der Waals surface area contributed by atoms with Gasteiger partial charge in [-0.3, -0.25) is 4.79 Å². The van der Waals surface area contributed by atoms with Crippen molar-refractivity contribution >= 4 is 57.3 Å². The first kappa shape index (κ1) is 19.5. The molecule has 0 heterocycles. The van der Waals surface area contributed by atoms with Gasteiger partial charge in [-0.2, -0.15) is 10.4 Å². The maximum atomic E-state index is 11.8. The molecule has 0 saturated carbocycles. The number of nitrogens with zero attached hydrogens (tertiary/aromatic N) is 2. The lowest BCUT2D eigenvalue weighted by molar-refractivity contribution is -0.123. The Morgan fingerprint density at radius 2 is 2.12 bits per heavy atom. The fraction of sp³-hybridized carbons (Fsp3) is 0.118. The van der Waals surface area contributed by atoms with Gasteiger partial charge in [-0.05, 0) is 69.4 Å². The third-order valence-electron chi connectivity index (χ3n) is 3.00. The van der Waals surface area contributed by atoms with Gasteiger partial charge in [0.25, 0.3) is 5.91 Å². The highest BCUT2D eigenvalue weighted by atomic mass is 127. The summed E-state index contributed by atoms with van der Waals surface area (Å²) in [5.41, 5.74) is 3.52. The molecule has 0 bridgehead atoms. The summed E-state index contributed by atoms with van der Waals surface area (Å²) in [5.74, 6) is 0.625. The average molecular weight is 561 g/mol. The van der Waals surface area contributed by atoms with Gasteiger partial charge in [0, 0.05) is 9.13 Å². The molecule has 0 fully saturated rings. The van der Waals surface area contributed by atoms with Crippen molar-refractivity contribution in [2.24, 2.45) is 5.10 Å². The van der Waals surface area contributed by atoms with Gasteiger partial charge in [0.05, 0.1) is 22.5 Å². The number of methoxy groups -OCH3 is 1. The monoisotopic (exact) mass is 561 g/mol. The summed E-state index contributed by atoms with van der Waals surface area (Å²) in [7, 11) is 1.58. The molecule has 1 N–H and O–H groups in total. The quantitative estimate of drug-likeness (QED) is 0.334. The third-order valence-corrected chi connectivity index (χ3v) is 4.42. The Morgan fingerprint density at radius 3 is 2.84 bits per heavy atom. The predicted octanol–water partition coefficient (Wildman–Crippen LogP) is 3.31. The molecular formula is C17H13I2N3O3. The van der Waals surface area contributed by atoms with Gasteiger partial charge in [0.1, 0.15) is 17.6 Å². The number of halogens is 2. The van der Waals surface area contributed by atoms with Crippen LogP contribution in [0, 0.1) is 18.5 Å². The average Bonchev–Trinajstić information content (AvgIpc) is 2.60. The van der Waals surface area contributed by atoms with Gasteiger partial charge in [0.2, 0.25) is 0 Å². The van der Waals surface area contributed by atoms with Gasteiger partial charge < -0.3 is 9.47 Å². The van der Waals surface area contributed by atoms with E-state index in [1.54, 1.807) is 31.4 Å². The van der Waals surface area contributed by atoms with E-state index in [4.69, 9.17) is 14.7 Å². The molecule has 2 rings (SSSR count). The first-order valence-corrected chi connectivity index (χ1v) is 9.17. The molecule has 0 saturated heterocycles. The zero-order valence-corrected chi connectivity index (χ0v) is 17.4. The summed E-state index contributed by atoms with van der Waals surface area (Å²) in [6.45, 7) is -0.239. The van der Waals surface area contributed by atoms with Crippen LogP contribution in [-0.4, -0.2) is 25.8 Å². The number of benzene rings is 2. The van der Waals surface area contributed by atoms with Crippen LogP contribution >= 0.6 is 45.2 Å². The SMILES string of the molecule is COc1c(I)cc(I)cc1/C=N/NC(=O)COc1ccccc1C#N. The number of amides is 1. The molecule has 0 aliphatic carbocycles. The van der Waals surface area contributed by atoms with E-state index in [1.807, 2.05) is 18.2 Å². The van der Waals surface area contributed by atoms with Crippen molar-refractivity contribution in [1.29, 1.82) is 5.26 Å². The van der Waals surface area contributed by atoms with E-state index in [1.165, 1.54) is 6.21 Å². The minimum absolute atomic E-state index is 0.239. The molecule has 8 heteroatoms. The third kappa shape index (κ3) is 5.57. The Balaban J connectivity index is 1.96. The van der Waals surface area contributed by atoms with Crippen molar-refractivity contribution in [3.63, 3.8) is 0 Å². The van der Waals surface area contributed by atoms with Crippen LogP contribution in [-0.2, 0) is 4.79 Å². The largest absolute Gasteiger partial charge is 0.495 e. The van der Waals surface area contributed by atoms with Crippen molar-refractivity contribution in [3.05, 3.63) is 54.7 Å². The van der Waals surface area contributed by atoms with Crippen LogP contribution in [0.15, 0.2) is 41.5 Å². The molecule has 128 valence electrons. The molecule has 6 nitrogen and oxygen atoms in total. The molecule has 0 spiro atoms. The van der Waals surface area contributed by atoms with Crippen molar-refractivity contribution in [3.8, 4) is 17.6 Å². The molecular weight excluding hydrogens is 548 g/mol. The second-order valence-corrected chi connectivity index (χ2v) is 7.11. The molecule has 2 aromatic rings. The van der Waals surface area contributed by atoms with E-state index in [0.29, 0.717) is 17.1 Å². The standard InChI is InChI=1S/C17H13I2N3O3/c1-24-17-12(6-13(18)7-14(17)19)9-21-22-16(23)10-25-15-5-3-2-4-11(15)8-20/h2-7,9H,10H2,1H3,(H,22,23)/b21-9+. The zero-order chi connectivity index (χ0) is 18.2. The van der Waals surface area contributed by atoms with E-state index < -0.39 is 5.91 Å². The molecule has 25 heavy (non-hydrogen) atoms. The van der Waals surface area contributed by atoms with Gasteiger partial charge in [-0.15, -0.1) is 0 Å². The van der Waals surface area contributed by atoms with E-state index >= 15 is 0 Å². The molecule has 0 aromatic heterocycles. The normalized spacial score (nSPS) is 10.3. The predicted molar refractivity (Wildman–Crippen MR) is 111 cm³/mol. The highest BCUT2D eigenvalue weighted by Crippen LogP contribution is 2.26. The number of carbonyl (C=O) groups is 1. The summed E-state index contributed by atoms with van der Waals surface area (Å²) >= 11 is 4.38. The van der Waals surface area contributed by atoms with E-state index in [2.05, 4.69) is 55.7 Å². The Labute approximate surface area is 172 Å². The molecule has 0 radical (unpaired) electrons. The van der Waals surface area contributed by atoms with Crippen LogP contribution in [0.2, 0.25) is 0 Å². The zero-order valence-electron chi connectivity index (χ0n) is 13.1. The summed E-state index contributed by atoms with van der Waals surface area (Å²) in [6, 6.07) is 12.6. The highest BCUT2D eigenvalue weighted by molar-refractivity contribution is 14.1. The van der Waals surface area contributed by atoms with E-state index in [9.17, 15) is 4.79 Å². The van der Waals surface area contributed by atoms with Crippen LogP contribution in [0.4, 0.5) is 0 Å². The molecule has 0 unspecified atom stereocenters. The second kappa shape index (κ2) is 9.57. The molecule has 1 amide bonds. The number of hydrogen-bond donors (Lipinski definition) is 1. The van der Waals surface area contributed by atoms with E-state index in [-0.39, 0.29) is 6.61 Å².